The van der Waals surface area contributed by atoms with Crippen molar-refractivity contribution >= 4 is 11.9 Å². The molecule has 0 amide bonds. The monoisotopic (exact) mass is 364 g/mol. The molecular formula is C22H36O4. The molecule has 0 N–H and O–H groups in total. The summed E-state index contributed by atoms with van der Waals surface area (Å²) in [7, 11) is 0. The van der Waals surface area contributed by atoms with E-state index in [1.807, 2.05) is 0 Å². The van der Waals surface area contributed by atoms with Gasteiger partial charge in [-0.2, -0.15) is 0 Å². The maximum absolute atomic E-state index is 13.4. The van der Waals surface area contributed by atoms with Crippen molar-refractivity contribution in [2.45, 2.75) is 96.5 Å². The summed E-state index contributed by atoms with van der Waals surface area (Å²) >= 11 is 0. The van der Waals surface area contributed by atoms with Gasteiger partial charge in [0.15, 0.2) is 5.41 Å². The van der Waals surface area contributed by atoms with Gasteiger partial charge in [-0.15, -0.1) is 0 Å². The molecule has 0 heterocycles. The van der Waals surface area contributed by atoms with E-state index in [0.29, 0.717) is 6.42 Å². The number of hydrogen-bond acceptors (Lipinski definition) is 4. The molecule has 0 spiro atoms. The van der Waals surface area contributed by atoms with Crippen LogP contribution in [0.2, 0.25) is 0 Å². The molecule has 26 heavy (non-hydrogen) atoms. The fraction of sp³-hybridized carbons (Fsp3) is 0.818. The Morgan fingerprint density at radius 1 is 1.00 bits per heavy atom. The van der Waals surface area contributed by atoms with Crippen LogP contribution in [-0.2, 0) is 19.1 Å². The Bertz CT molecular complexity index is 461. The Balaban J connectivity index is 2.26. The summed E-state index contributed by atoms with van der Waals surface area (Å²) < 4.78 is 11.4. The zero-order valence-electron chi connectivity index (χ0n) is 16.5. The number of carbonyl (C=O) groups is 2. The fourth-order valence-electron chi connectivity index (χ4n) is 4.58. The van der Waals surface area contributed by atoms with Crippen molar-refractivity contribution in [1.82, 2.24) is 0 Å². The molecule has 148 valence electrons. The number of rotatable bonds is 9. The van der Waals surface area contributed by atoms with Gasteiger partial charge in [-0.1, -0.05) is 58.1 Å². The van der Waals surface area contributed by atoms with E-state index in [9.17, 15) is 9.59 Å². The summed E-state index contributed by atoms with van der Waals surface area (Å²) in [6, 6.07) is 0. The standard InChI is InChI=1S/C22H36O4/c1-3-5-16-22(20(23)25-17-4-2,18-12-8-6-9-13-18)21(24)26-19-14-10-7-11-15-19/h4,18-19H,2-3,5-17H2,1H3. The highest BCUT2D eigenvalue weighted by Gasteiger charge is 2.54. The summed E-state index contributed by atoms with van der Waals surface area (Å²) in [6.07, 6.45) is 14.2. The maximum atomic E-state index is 13.4. The molecule has 0 bridgehead atoms. The molecule has 0 aromatic rings. The van der Waals surface area contributed by atoms with E-state index in [1.54, 1.807) is 6.08 Å². The molecule has 1 unspecified atom stereocenters. The molecule has 0 aromatic carbocycles. The van der Waals surface area contributed by atoms with Gasteiger partial charge >= 0.3 is 11.9 Å². The predicted molar refractivity (Wildman–Crippen MR) is 103 cm³/mol. The van der Waals surface area contributed by atoms with Crippen LogP contribution in [0.5, 0.6) is 0 Å². The first-order valence-electron chi connectivity index (χ1n) is 10.6. The van der Waals surface area contributed by atoms with Crippen molar-refractivity contribution in [3.8, 4) is 0 Å². The topological polar surface area (TPSA) is 52.6 Å². The van der Waals surface area contributed by atoms with Crippen LogP contribution in [-0.4, -0.2) is 24.6 Å². The Hall–Kier alpha value is -1.32. The van der Waals surface area contributed by atoms with E-state index in [4.69, 9.17) is 9.47 Å². The van der Waals surface area contributed by atoms with Crippen LogP contribution in [0.1, 0.15) is 90.4 Å². The molecule has 2 fully saturated rings. The third-order valence-corrected chi connectivity index (χ3v) is 6.11. The second kappa shape index (κ2) is 10.7. The summed E-state index contributed by atoms with van der Waals surface area (Å²) in [4.78, 5) is 26.5. The largest absolute Gasteiger partial charge is 0.462 e. The molecule has 1 atom stereocenters. The quantitative estimate of drug-likeness (QED) is 0.314. The lowest BCUT2D eigenvalue weighted by atomic mass is 9.66. The Morgan fingerprint density at radius 2 is 1.62 bits per heavy atom. The predicted octanol–water partition coefficient (Wildman–Crippen LogP) is 5.35. The zero-order chi connectivity index (χ0) is 18.8. The summed E-state index contributed by atoms with van der Waals surface area (Å²) in [5.41, 5.74) is -1.13. The minimum absolute atomic E-state index is 0.0342. The van der Waals surface area contributed by atoms with E-state index in [2.05, 4.69) is 13.5 Å². The fourth-order valence-corrected chi connectivity index (χ4v) is 4.58. The van der Waals surface area contributed by atoms with Crippen molar-refractivity contribution < 1.29 is 19.1 Å². The van der Waals surface area contributed by atoms with E-state index >= 15 is 0 Å². The molecule has 0 saturated heterocycles. The highest BCUT2D eigenvalue weighted by atomic mass is 16.6. The van der Waals surface area contributed by atoms with E-state index in [-0.39, 0.29) is 24.6 Å². The first kappa shape index (κ1) is 21.0. The Kier molecular flexibility index (Phi) is 8.67. The first-order valence-corrected chi connectivity index (χ1v) is 10.6. The van der Waals surface area contributed by atoms with Crippen molar-refractivity contribution in [1.29, 1.82) is 0 Å². The molecule has 2 aliphatic rings. The average Bonchev–Trinajstić information content (AvgIpc) is 2.68. The van der Waals surface area contributed by atoms with Gasteiger partial charge in [-0.05, 0) is 50.9 Å². The third kappa shape index (κ3) is 5.11. The van der Waals surface area contributed by atoms with Gasteiger partial charge < -0.3 is 9.47 Å². The molecule has 0 aliphatic heterocycles. The van der Waals surface area contributed by atoms with Gasteiger partial charge in [0, 0.05) is 0 Å². The minimum atomic E-state index is -1.13. The minimum Gasteiger partial charge on any atom is -0.462 e. The number of ether oxygens (including phenoxy) is 2. The highest BCUT2D eigenvalue weighted by molar-refractivity contribution is 6.00. The van der Waals surface area contributed by atoms with Crippen LogP contribution < -0.4 is 0 Å². The zero-order valence-corrected chi connectivity index (χ0v) is 16.5. The van der Waals surface area contributed by atoms with Crippen molar-refractivity contribution in [2.24, 2.45) is 11.3 Å². The van der Waals surface area contributed by atoms with Gasteiger partial charge in [0.2, 0.25) is 0 Å². The Morgan fingerprint density at radius 3 is 2.19 bits per heavy atom. The van der Waals surface area contributed by atoms with Crippen LogP contribution >= 0.6 is 0 Å². The van der Waals surface area contributed by atoms with E-state index < -0.39 is 11.4 Å². The molecule has 2 aliphatic carbocycles. The number of unbranched alkanes of at least 4 members (excludes halogenated alkanes) is 1. The van der Waals surface area contributed by atoms with Gasteiger partial charge in [0.1, 0.15) is 12.7 Å². The lowest BCUT2D eigenvalue weighted by Crippen LogP contribution is -2.49. The van der Waals surface area contributed by atoms with Crippen LogP contribution in [0, 0.1) is 11.3 Å². The smallest absolute Gasteiger partial charge is 0.324 e. The van der Waals surface area contributed by atoms with Crippen molar-refractivity contribution in [2.75, 3.05) is 6.61 Å². The molecule has 0 radical (unpaired) electrons. The molecule has 4 nitrogen and oxygen atoms in total. The molecular weight excluding hydrogens is 328 g/mol. The molecule has 2 rings (SSSR count). The van der Waals surface area contributed by atoms with E-state index in [0.717, 1.165) is 64.2 Å². The number of esters is 2. The second-order valence-corrected chi connectivity index (χ2v) is 7.96. The lowest BCUT2D eigenvalue weighted by Gasteiger charge is -2.39. The van der Waals surface area contributed by atoms with Crippen LogP contribution in [0.25, 0.3) is 0 Å². The Labute approximate surface area is 158 Å². The van der Waals surface area contributed by atoms with Gasteiger partial charge in [0.25, 0.3) is 0 Å². The third-order valence-electron chi connectivity index (χ3n) is 6.11. The van der Waals surface area contributed by atoms with Crippen molar-refractivity contribution in [3.63, 3.8) is 0 Å². The van der Waals surface area contributed by atoms with Crippen LogP contribution in [0.15, 0.2) is 12.7 Å². The molecule has 0 aromatic heterocycles. The van der Waals surface area contributed by atoms with E-state index in [1.165, 1.54) is 12.8 Å². The first-order chi connectivity index (χ1) is 12.6. The number of carbonyl (C=O) groups excluding carboxylic acids is 2. The van der Waals surface area contributed by atoms with Gasteiger partial charge in [-0.25, -0.2) is 0 Å². The lowest BCUT2D eigenvalue weighted by molar-refractivity contribution is -0.183. The maximum Gasteiger partial charge on any atom is 0.324 e. The van der Waals surface area contributed by atoms with Gasteiger partial charge in [-0.3, -0.25) is 9.59 Å². The summed E-state index contributed by atoms with van der Waals surface area (Å²) in [5, 5.41) is 0. The van der Waals surface area contributed by atoms with Crippen LogP contribution in [0.3, 0.4) is 0 Å². The SMILES string of the molecule is C=CCOC(=O)C(CCCC)(C(=O)OC1CCCCC1)C1CCCCC1. The average molecular weight is 365 g/mol. The highest BCUT2D eigenvalue weighted by Crippen LogP contribution is 2.45. The molecule has 2 saturated carbocycles. The number of hydrogen-bond donors (Lipinski definition) is 0. The molecule has 4 heteroatoms. The second-order valence-electron chi connectivity index (χ2n) is 7.96. The van der Waals surface area contributed by atoms with Crippen LogP contribution in [0.4, 0.5) is 0 Å². The van der Waals surface area contributed by atoms with Gasteiger partial charge in [0.05, 0.1) is 0 Å². The van der Waals surface area contributed by atoms with Crippen molar-refractivity contribution in [3.05, 3.63) is 12.7 Å². The summed E-state index contributed by atoms with van der Waals surface area (Å²) in [6.45, 7) is 5.87. The normalized spacial score (nSPS) is 21.6. The summed E-state index contributed by atoms with van der Waals surface area (Å²) in [5.74, 6) is -0.673.